The number of anilines is 1. The van der Waals surface area contributed by atoms with Crippen molar-refractivity contribution in [3.05, 3.63) is 51.9 Å². The SMILES string of the molecule is Cc1nnc2sc3c(NCc4ccc(C(=O)N[C@H](C)C(F)(F)F)c(Cl)c4)ncnc3c2c1C. The van der Waals surface area contributed by atoms with Crippen molar-refractivity contribution in [2.75, 3.05) is 5.32 Å². The van der Waals surface area contributed by atoms with Gasteiger partial charge in [-0.25, -0.2) is 9.97 Å². The lowest BCUT2D eigenvalue weighted by Gasteiger charge is -2.17. The maximum atomic E-state index is 12.7. The Morgan fingerprint density at radius 2 is 1.97 bits per heavy atom. The van der Waals surface area contributed by atoms with Gasteiger partial charge in [0.15, 0.2) is 0 Å². The number of thiophene rings is 1. The van der Waals surface area contributed by atoms with Crippen LogP contribution in [0.4, 0.5) is 19.0 Å². The summed E-state index contributed by atoms with van der Waals surface area (Å²) in [7, 11) is 0. The summed E-state index contributed by atoms with van der Waals surface area (Å²) < 4.78 is 38.9. The number of rotatable bonds is 5. The lowest BCUT2D eigenvalue weighted by Crippen LogP contribution is -2.43. The number of carbonyl (C=O) groups excluding carboxylic acids is 1. The number of hydrogen-bond donors (Lipinski definition) is 2. The highest BCUT2D eigenvalue weighted by Crippen LogP contribution is 2.36. The molecule has 0 radical (unpaired) electrons. The normalized spacial score (nSPS) is 12.8. The molecule has 0 spiro atoms. The molecule has 1 atom stereocenters. The molecule has 0 aliphatic rings. The first kappa shape index (κ1) is 23.1. The van der Waals surface area contributed by atoms with Crippen molar-refractivity contribution in [3.8, 4) is 0 Å². The van der Waals surface area contributed by atoms with E-state index in [1.807, 2.05) is 19.2 Å². The molecule has 0 fully saturated rings. The zero-order chi connectivity index (χ0) is 23.9. The Kier molecular flexibility index (Phi) is 6.10. The molecule has 3 heterocycles. The van der Waals surface area contributed by atoms with Crippen molar-refractivity contribution in [1.29, 1.82) is 0 Å². The van der Waals surface area contributed by atoms with E-state index in [-0.39, 0.29) is 10.6 Å². The fourth-order valence-corrected chi connectivity index (χ4v) is 4.59. The van der Waals surface area contributed by atoms with Gasteiger partial charge < -0.3 is 10.6 Å². The van der Waals surface area contributed by atoms with E-state index in [1.165, 1.54) is 29.8 Å². The molecule has 1 amide bonds. The van der Waals surface area contributed by atoms with Crippen LogP contribution < -0.4 is 10.6 Å². The molecule has 1 aromatic carbocycles. The zero-order valence-corrected chi connectivity index (χ0v) is 19.3. The van der Waals surface area contributed by atoms with E-state index in [1.54, 1.807) is 6.07 Å². The second kappa shape index (κ2) is 8.71. The Morgan fingerprint density at radius 3 is 2.67 bits per heavy atom. The molecular formula is C21H18ClF3N6OS. The summed E-state index contributed by atoms with van der Waals surface area (Å²) in [6.07, 6.45) is -3.07. The lowest BCUT2D eigenvalue weighted by atomic mass is 10.1. The van der Waals surface area contributed by atoms with Gasteiger partial charge >= 0.3 is 6.18 Å². The highest BCUT2D eigenvalue weighted by molar-refractivity contribution is 7.25. The van der Waals surface area contributed by atoms with E-state index in [2.05, 4.69) is 25.5 Å². The van der Waals surface area contributed by atoms with E-state index in [9.17, 15) is 18.0 Å². The monoisotopic (exact) mass is 494 g/mol. The number of nitrogens with one attached hydrogen (secondary N) is 2. The first-order chi connectivity index (χ1) is 15.6. The van der Waals surface area contributed by atoms with Crippen molar-refractivity contribution < 1.29 is 18.0 Å². The number of fused-ring (bicyclic) bond motifs is 3. The number of alkyl halides is 3. The number of aromatic nitrogens is 4. The molecule has 0 aliphatic heterocycles. The third kappa shape index (κ3) is 4.55. The molecular weight excluding hydrogens is 477 g/mol. The third-order valence-electron chi connectivity index (χ3n) is 5.24. The quantitative estimate of drug-likeness (QED) is 0.396. The summed E-state index contributed by atoms with van der Waals surface area (Å²) in [5, 5.41) is 14.6. The average molecular weight is 495 g/mol. The first-order valence-electron chi connectivity index (χ1n) is 9.83. The number of halogens is 4. The minimum atomic E-state index is -4.54. The van der Waals surface area contributed by atoms with Crippen LogP contribution in [0.25, 0.3) is 20.4 Å². The van der Waals surface area contributed by atoms with Crippen molar-refractivity contribution in [2.24, 2.45) is 0 Å². The van der Waals surface area contributed by atoms with Crippen molar-refractivity contribution in [2.45, 2.75) is 39.5 Å². The molecule has 33 heavy (non-hydrogen) atoms. The second-order valence-corrected chi connectivity index (χ2v) is 8.90. The number of amides is 1. The molecule has 7 nitrogen and oxygen atoms in total. The fourth-order valence-electron chi connectivity index (χ4n) is 3.20. The first-order valence-corrected chi connectivity index (χ1v) is 11.0. The van der Waals surface area contributed by atoms with Gasteiger partial charge in [-0.1, -0.05) is 17.7 Å². The smallest absolute Gasteiger partial charge is 0.365 e. The molecule has 0 saturated heterocycles. The zero-order valence-electron chi connectivity index (χ0n) is 17.7. The number of nitrogens with zero attached hydrogens (tertiary/aromatic N) is 4. The van der Waals surface area contributed by atoms with E-state index in [0.29, 0.717) is 12.4 Å². The average Bonchev–Trinajstić information content (AvgIpc) is 3.14. The molecule has 0 unspecified atom stereocenters. The summed E-state index contributed by atoms with van der Waals surface area (Å²) >= 11 is 7.61. The summed E-state index contributed by atoms with van der Waals surface area (Å²) in [6, 6.07) is 2.56. The summed E-state index contributed by atoms with van der Waals surface area (Å²) in [5.41, 5.74) is 3.32. The number of benzene rings is 1. The molecule has 0 bridgehead atoms. The van der Waals surface area contributed by atoms with Gasteiger partial charge in [-0.15, -0.1) is 16.4 Å². The van der Waals surface area contributed by atoms with E-state index in [0.717, 1.165) is 44.2 Å². The van der Waals surface area contributed by atoms with Crippen LogP contribution in [0, 0.1) is 13.8 Å². The molecule has 4 rings (SSSR count). The van der Waals surface area contributed by atoms with Gasteiger partial charge in [0, 0.05) is 11.9 Å². The highest BCUT2D eigenvalue weighted by atomic mass is 35.5. The minimum Gasteiger partial charge on any atom is -0.365 e. The Bertz CT molecular complexity index is 1370. The number of aryl methyl sites for hydroxylation is 2. The summed E-state index contributed by atoms with van der Waals surface area (Å²) in [6.45, 7) is 5.06. The van der Waals surface area contributed by atoms with Gasteiger partial charge in [0.2, 0.25) is 0 Å². The largest absolute Gasteiger partial charge is 0.408 e. The van der Waals surface area contributed by atoms with Gasteiger partial charge in [0.1, 0.15) is 23.0 Å². The van der Waals surface area contributed by atoms with Crippen LogP contribution >= 0.6 is 22.9 Å². The van der Waals surface area contributed by atoms with Crippen LogP contribution in [0.5, 0.6) is 0 Å². The second-order valence-electron chi connectivity index (χ2n) is 7.50. The number of hydrogen-bond acceptors (Lipinski definition) is 7. The minimum absolute atomic E-state index is 0.0325. The third-order valence-corrected chi connectivity index (χ3v) is 6.62. The van der Waals surface area contributed by atoms with E-state index < -0.39 is 18.1 Å². The summed E-state index contributed by atoms with van der Waals surface area (Å²) in [4.78, 5) is 21.7. The Hall–Kier alpha value is -3.05. The predicted molar refractivity (Wildman–Crippen MR) is 122 cm³/mol. The van der Waals surface area contributed by atoms with Gasteiger partial charge in [0.25, 0.3) is 5.91 Å². The standard InChI is InChI=1S/C21H18ClF3N6OS/c1-9-10(2)30-31-20-15(9)16-17(33-20)18(28-8-27-16)26-7-12-4-5-13(14(22)6-12)19(32)29-11(3)21(23,24)25/h4-6,8,11H,7H2,1-3H3,(H,29,32)(H,26,27,28)/t11-/m1/s1. The van der Waals surface area contributed by atoms with Gasteiger partial charge in [0.05, 0.1) is 26.5 Å². The van der Waals surface area contributed by atoms with Crippen LogP contribution in [0.2, 0.25) is 5.02 Å². The molecule has 172 valence electrons. The maximum Gasteiger partial charge on any atom is 0.408 e. The highest BCUT2D eigenvalue weighted by Gasteiger charge is 2.37. The lowest BCUT2D eigenvalue weighted by molar-refractivity contribution is -0.149. The number of carbonyl (C=O) groups is 1. The van der Waals surface area contributed by atoms with Gasteiger partial charge in [-0.3, -0.25) is 4.79 Å². The summed E-state index contributed by atoms with van der Waals surface area (Å²) in [5.74, 6) is -0.282. The maximum absolute atomic E-state index is 12.7. The van der Waals surface area contributed by atoms with Crippen molar-refractivity contribution >= 4 is 55.1 Å². The topological polar surface area (TPSA) is 92.7 Å². The van der Waals surface area contributed by atoms with Crippen molar-refractivity contribution in [1.82, 2.24) is 25.5 Å². The van der Waals surface area contributed by atoms with Crippen LogP contribution in [0.1, 0.15) is 34.1 Å². The molecule has 0 saturated carbocycles. The fraction of sp³-hybridized carbons (Fsp3) is 0.286. The van der Waals surface area contributed by atoms with Crippen LogP contribution in [-0.2, 0) is 6.54 Å². The molecule has 3 aromatic heterocycles. The van der Waals surface area contributed by atoms with Crippen LogP contribution in [0.3, 0.4) is 0 Å². The van der Waals surface area contributed by atoms with Crippen LogP contribution in [0.15, 0.2) is 24.5 Å². The molecule has 0 aliphatic carbocycles. The molecule has 2 N–H and O–H groups in total. The Balaban J connectivity index is 1.55. The van der Waals surface area contributed by atoms with Crippen molar-refractivity contribution in [3.63, 3.8) is 0 Å². The van der Waals surface area contributed by atoms with Gasteiger partial charge in [-0.2, -0.15) is 18.3 Å². The molecule has 12 heteroatoms. The van der Waals surface area contributed by atoms with Gasteiger partial charge in [-0.05, 0) is 44.0 Å². The van der Waals surface area contributed by atoms with Crippen LogP contribution in [-0.4, -0.2) is 38.3 Å². The molecule has 4 aromatic rings. The Morgan fingerprint density at radius 1 is 1.21 bits per heavy atom. The Labute approximate surface area is 195 Å². The van der Waals surface area contributed by atoms with E-state index >= 15 is 0 Å². The van der Waals surface area contributed by atoms with E-state index in [4.69, 9.17) is 11.6 Å². The predicted octanol–water partition coefficient (Wildman–Crippen LogP) is 5.20.